The third kappa shape index (κ3) is 3.34. The van der Waals surface area contributed by atoms with Crippen molar-refractivity contribution in [1.29, 1.82) is 0 Å². The van der Waals surface area contributed by atoms with E-state index >= 15 is 0 Å². The molecule has 1 atom stereocenters. The number of carbonyl (C=O) groups is 1. The van der Waals surface area contributed by atoms with Gasteiger partial charge in [-0.15, -0.1) is 0 Å². The smallest absolute Gasteiger partial charge is 0.237 e. The molecule has 5 nitrogen and oxygen atoms in total. The Balaban J connectivity index is 1.42. The van der Waals surface area contributed by atoms with Crippen LogP contribution in [-0.4, -0.2) is 66.1 Å². The van der Waals surface area contributed by atoms with Gasteiger partial charge in [0.1, 0.15) is 0 Å². The van der Waals surface area contributed by atoms with Crippen molar-refractivity contribution in [3.05, 3.63) is 42.1 Å². The molecule has 5 heteroatoms. The van der Waals surface area contributed by atoms with Crippen LogP contribution in [0.25, 0.3) is 16.5 Å². The molecule has 1 aromatic carbocycles. The lowest BCUT2D eigenvalue weighted by atomic mass is 9.99. The van der Waals surface area contributed by atoms with Crippen LogP contribution in [-0.2, 0) is 9.53 Å². The number of aromatic amines is 1. The maximum Gasteiger partial charge on any atom is 0.237 e. The van der Waals surface area contributed by atoms with Gasteiger partial charge in [-0.25, -0.2) is 0 Å². The molecule has 4 rings (SSSR count). The summed E-state index contributed by atoms with van der Waals surface area (Å²) >= 11 is 0. The molecular weight excluding hydrogens is 314 g/mol. The highest BCUT2D eigenvalue weighted by molar-refractivity contribution is 5.93. The molecule has 25 heavy (non-hydrogen) atoms. The highest BCUT2D eigenvalue weighted by atomic mass is 16.5. The van der Waals surface area contributed by atoms with Crippen LogP contribution in [0.3, 0.4) is 0 Å². The largest absolute Gasteiger partial charge is 0.379 e. The second-order valence-corrected chi connectivity index (χ2v) is 6.96. The molecule has 1 N–H and O–H groups in total. The first-order valence-corrected chi connectivity index (χ1v) is 9.07. The zero-order chi connectivity index (χ0) is 17.2. The molecule has 0 bridgehead atoms. The first-order valence-electron chi connectivity index (χ1n) is 9.07. The van der Waals surface area contributed by atoms with Gasteiger partial charge in [0.2, 0.25) is 5.91 Å². The van der Waals surface area contributed by atoms with Crippen LogP contribution in [0.2, 0.25) is 0 Å². The molecule has 3 heterocycles. The van der Waals surface area contributed by atoms with Gasteiger partial charge in [0.05, 0.1) is 19.8 Å². The van der Waals surface area contributed by atoms with Crippen molar-refractivity contribution in [2.75, 3.05) is 39.4 Å². The van der Waals surface area contributed by atoms with Crippen LogP contribution >= 0.6 is 0 Å². The molecule has 2 aliphatic heterocycles. The molecule has 0 radical (unpaired) electrons. The SMILES string of the molecule is C[C@H]1COCCN1CC(=O)N1CC=C(c2c[nH]c3ccccc23)CC1. The van der Waals surface area contributed by atoms with E-state index in [4.69, 9.17) is 4.74 Å². The van der Waals surface area contributed by atoms with Crippen molar-refractivity contribution >= 4 is 22.4 Å². The maximum atomic E-state index is 12.6. The maximum absolute atomic E-state index is 12.6. The number of nitrogens with zero attached hydrogens (tertiary/aromatic N) is 2. The third-order valence-corrected chi connectivity index (χ3v) is 5.34. The van der Waals surface area contributed by atoms with E-state index in [0.29, 0.717) is 19.1 Å². The third-order valence-electron chi connectivity index (χ3n) is 5.34. The molecular formula is C20H25N3O2. The van der Waals surface area contributed by atoms with Crippen molar-refractivity contribution in [3.8, 4) is 0 Å². The number of benzene rings is 1. The Hall–Kier alpha value is -2.11. The van der Waals surface area contributed by atoms with Gasteiger partial charge in [-0.2, -0.15) is 0 Å². The monoisotopic (exact) mass is 339 g/mol. The van der Waals surface area contributed by atoms with Crippen LogP contribution in [0.1, 0.15) is 18.9 Å². The van der Waals surface area contributed by atoms with E-state index in [1.165, 1.54) is 22.0 Å². The molecule has 132 valence electrons. The molecule has 2 aromatic rings. The summed E-state index contributed by atoms with van der Waals surface area (Å²) in [5.74, 6) is 0.225. The molecule has 0 aliphatic carbocycles. The van der Waals surface area contributed by atoms with Crippen LogP contribution in [0.15, 0.2) is 36.5 Å². The lowest BCUT2D eigenvalue weighted by Gasteiger charge is -2.35. The number of hydrogen-bond acceptors (Lipinski definition) is 3. The highest BCUT2D eigenvalue weighted by Crippen LogP contribution is 2.29. The summed E-state index contributed by atoms with van der Waals surface area (Å²) in [6, 6.07) is 8.69. The summed E-state index contributed by atoms with van der Waals surface area (Å²) in [4.78, 5) is 20.2. The molecule has 1 amide bonds. The van der Waals surface area contributed by atoms with E-state index in [2.05, 4.69) is 47.3 Å². The minimum Gasteiger partial charge on any atom is -0.379 e. The summed E-state index contributed by atoms with van der Waals surface area (Å²) in [5, 5.41) is 1.26. The van der Waals surface area contributed by atoms with Crippen molar-refractivity contribution in [2.24, 2.45) is 0 Å². The first-order chi connectivity index (χ1) is 12.2. The quantitative estimate of drug-likeness (QED) is 0.935. The zero-order valence-corrected chi connectivity index (χ0v) is 14.7. The van der Waals surface area contributed by atoms with Gasteiger partial charge in [-0.1, -0.05) is 24.3 Å². The molecule has 1 saturated heterocycles. The van der Waals surface area contributed by atoms with Crippen LogP contribution < -0.4 is 0 Å². The van der Waals surface area contributed by atoms with Crippen molar-refractivity contribution in [2.45, 2.75) is 19.4 Å². The van der Waals surface area contributed by atoms with Gasteiger partial charge in [0.25, 0.3) is 0 Å². The molecule has 1 aromatic heterocycles. The number of rotatable bonds is 3. The lowest BCUT2D eigenvalue weighted by Crippen LogP contribution is -2.49. The van der Waals surface area contributed by atoms with E-state index in [9.17, 15) is 4.79 Å². The van der Waals surface area contributed by atoms with Gasteiger partial charge >= 0.3 is 0 Å². The van der Waals surface area contributed by atoms with Gasteiger partial charge in [0, 0.05) is 48.3 Å². The summed E-state index contributed by atoms with van der Waals surface area (Å²) in [6.07, 6.45) is 5.20. The van der Waals surface area contributed by atoms with Crippen molar-refractivity contribution in [1.82, 2.24) is 14.8 Å². The summed E-state index contributed by atoms with van der Waals surface area (Å²) in [7, 11) is 0. The van der Waals surface area contributed by atoms with E-state index in [0.717, 1.165) is 32.7 Å². The summed E-state index contributed by atoms with van der Waals surface area (Å²) < 4.78 is 5.45. The molecule has 2 aliphatic rings. The number of fused-ring (bicyclic) bond motifs is 1. The fourth-order valence-corrected chi connectivity index (χ4v) is 3.75. The Bertz CT molecular complexity index is 795. The summed E-state index contributed by atoms with van der Waals surface area (Å²) in [5.41, 5.74) is 3.77. The standard InChI is InChI=1S/C20H25N3O2/c1-15-14-25-11-10-23(15)13-20(24)22-8-6-16(7-9-22)18-12-21-19-5-3-2-4-17(18)19/h2-6,12,15,21H,7-11,13-14H2,1H3/t15-/m0/s1. The number of morpholine rings is 1. The fraction of sp³-hybridized carbons (Fsp3) is 0.450. The topological polar surface area (TPSA) is 48.6 Å². The Kier molecular flexibility index (Phi) is 4.59. The predicted molar refractivity (Wildman–Crippen MR) is 99.3 cm³/mol. The van der Waals surface area contributed by atoms with Gasteiger partial charge in [-0.3, -0.25) is 9.69 Å². The fourth-order valence-electron chi connectivity index (χ4n) is 3.75. The molecule has 0 unspecified atom stereocenters. The minimum absolute atomic E-state index is 0.225. The average Bonchev–Trinajstić information content (AvgIpc) is 3.08. The first kappa shape index (κ1) is 16.4. The number of para-hydroxylation sites is 1. The average molecular weight is 339 g/mol. The lowest BCUT2D eigenvalue weighted by molar-refractivity contribution is -0.134. The summed E-state index contributed by atoms with van der Waals surface area (Å²) in [6.45, 7) is 6.41. The number of nitrogens with one attached hydrogen (secondary N) is 1. The minimum atomic E-state index is 0.225. The number of aromatic nitrogens is 1. The second kappa shape index (κ2) is 7.02. The Labute approximate surface area is 148 Å². The molecule has 0 spiro atoms. The predicted octanol–water partition coefficient (Wildman–Crippen LogP) is 2.50. The number of ether oxygens (including phenoxy) is 1. The van der Waals surface area contributed by atoms with Gasteiger partial charge in [0.15, 0.2) is 0 Å². The van der Waals surface area contributed by atoms with Crippen LogP contribution in [0.5, 0.6) is 0 Å². The molecule has 0 saturated carbocycles. The number of carbonyl (C=O) groups excluding carboxylic acids is 1. The van der Waals surface area contributed by atoms with E-state index in [-0.39, 0.29) is 5.91 Å². The highest BCUT2D eigenvalue weighted by Gasteiger charge is 2.25. The normalized spacial score (nSPS) is 22.2. The van der Waals surface area contributed by atoms with E-state index in [1.807, 2.05) is 11.0 Å². The molecule has 1 fully saturated rings. The Morgan fingerprint density at radius 2 is 2.20 bits per heavy atom. The number of amides is 1. The van der Waals surface area contributed by atoms with E-state index < -0.39 is 0 Å². The zero-order valence-electron chi connectivity index (χ0n) is 14.7. The van der Waals surface area contributed by atoms with E-state index in [1.54, 1.807) is 0 Å². The Morgan fingerprint density at radius 3 is 3.00 bits per heavy atom. The van der Waals surface area contributed by atoms with Gasteiger partial charge < -0.3 is 14.6 Å². The van der Waals surface area contributed by atoms with Crippen molar-refractivity contribution in [3.63, 3.8) is 0 Å². The van der Waals surface area contributed by atoms with Crippen LogP contribution in [0, 0.1) is 0 Å². The number of hydrogen-bond donors (Lipinski definition) is 1. The van der Waals surface area contributed by atoms with Crippen LogP contribution in [0.4, 0.5) is 0 Å². The van der Waals surface area contributed by atoms with Crippen molar-refractivity contribution < 1.29 is 9.53 Å². The Morgan fingerprint density at radius 1 is 1.32 bits per heavy atom. The second-order valence-electron chi connectivity index (χ2n) is 6.96. The van der Waals surface area contributed by atoms with Gasteiger partial charge in [-0.05, 0) is 25.0 Å². The number of H-pyrrole nitrogens is 1.